The molecular weight excluding hydrogens is 409 g/mol. The molecule has 0 radical (unpaired) electrons. The fourth-order valence-electron chi connectivity index (χ4n) is 3.83. The van der Waals surface area contributed by atoms with E-state index in [0.29, 0.717) is 18.9 Å². The Morgan fingerprint density at radius 3 is 2.48 bits per heavy atom. The summed E-state index contributed by atoms with van der Waals surface area (Å²) in [5, 5.41) is -0.193. The summed E-state index contributed by atoms with van der Waals surface area (Å²) in [7, 11) is 0. The highest BCUT2D eigenvalue weighted by Crippen LogP contribution is 2.33. The molecule has 0 aliphatic rings. The summed E-state index contributed by atoms with van der Waals surface area (Å²) in [5.74, 6) is -3.66. The lowest BCUT2D eigenvalue weighted by Crippen LogP contribution is -2.28. The van der Waals surface area contributed by atoms with Gasteiger partial charge in [-0.25, -0.2) is 22.9 Å². The zero-order valence-corrected chi connectivity index (χ0v) is 17.5. The molecule has 2 aromatic heterocycles. The lowest BCUT2D eigenvalue weighted by Gasteiger charge is -2.25. The summed E-state index contributed by atoms with van der Waals surface area (Å²) in [6.45, 7) is 5.45. The Labute approximate surface area is 177 Å². The number of hydrogen-bond donors (Lipinski definition) is 0. The van der Waals surface area contributed by atoms with Crippen LogP contribution < -0.4 is 5.43 Å². The molecule has 8 heteroatoms. The molecule has 0 spiro atoms. The third kappa shape index (κ3) is 4.19. The number of nitrogens with zero attached hydrogens (tertiary/aromatic N) is 2. The molecule has 31 heavy (non-hydrogen) atoms. The molecule has 0 bridgehead atoms. The van der Waals surface area contributed by atoms with Crippen LogP contribution in [0.5, 0.6) is 0 Å². The minimum absolute atomic E-state index is 0.0190. The maximum atomic E-state index is 14.9. The van der Waals surface area contributed by atoms with Crippen LogP contribution in [0.4, 0.5) is 13.2 Å². The number of aromatic nitrogens is 2. The van der Waals surface area contributed by atoms with Crippen LogP contribution in [0.15, 0.2) is 35.3 Å². The third-order valence-electron chi connectivity index (χ3n) is 5.16. The summed E-state index contributed by atoms with van der Waals surface area (Å²) in [6.07, 6.45) is 2.77. The first-order chi connectivity index (χ1) is 14.8. The average molecular weight is 432 g/mol. The standard InChI is InChI=1S/C23H23F3N2O3/c1-4-7-13(5-2)20-19(23(30)31-6-3)21(29)16-10-15(25)12-27-22(16)28(20)18-9-8-14(24)11-17(18)26/h8-13H,4-7H2,1-3H3. The number of pyridine rings is 2. The van der Waals surface area contributed by atoms with Gasteiger partial charge in [-0.2, -0.15) is 0 Å². The second kappa shape index (κ2) is 9.32. The Morgan fingerprint density at radius 1 is 1.13 bits per heavy atom. The lowest BCUT2D eigenvalue weighted by atomic mass is 9.91. The summed E-state index contributed by atoms with van der Waals surface area (Å²) in [4.78, 5) is 30.2. The van der Waals surface area contributed by atoms with Gasteiger partial charge < -0.3 is 4.74 Å². The van der Waals surface area contributed by atoms with Gasteiger partial charge in [0, 0.05) is 17.7 Å². The van der Waals surface area contributed by atoms with E-state index in [4.69, 9.17) is 4.74 Å². The van der Waals surface area contributed by atoms with E-state index in [1.807, 2.05) is 13.8 Å². The van der Waals surface area contributed by atoms with Gasteiger partial charge in [-0.05, 0) is 38.0 Å². The third-order valence-corrected chi connectivity index (χ3v) is 5.16. The van der Waals surface area contributed by atoms with Gasteiger partial charge in [0.05, 0.1) is 23.9 Å². The van der Waals surface area contributed by atoms with Crippen LogP contribution in [0.25, 0.3) is 16.7 Å². The van der Waals surface area contributed by atoms with Crippen LogP contribution in [-0.2, 0) is 4.74 Å². The Kier molecular flexibility index (Phi) is 6.77. The second-order valence-electron chi connectivity index (χ2n) is 7.16. The monoisotopic (exact) mass is 432 g/mol. The fourth-order valence-corrected chi connectivity index (χ4v) is 3.83. The maximum Gasteiger partial charge on any atom is 0.343 e. The topological polar surface area (TPSA) is 61.2 Å². The molecule has 164 valence electrons. The molecule has 0 aliphatic carbocycles. The van der Waals surface area contributed by atoms with Crippen LogP contribution in [0.3, 0.4) is 0 Å². The van der Waals surface area contributed by atoms with Gasteiger partial charge in [0.1, 0.15) is 28.7 Å². The minimum atomic E-state index is -0.904. The largest absolute Gasteiger partial charge is 0.462 e. The number of halogens is 3. The number of fused-ring (bicyclic) bond motifs is 1. The van der Waals surface area contributed by atoms with Crippen LogP contribution in [0, 0.1) is 17.5 Å². The number of carbonyl (C=O) groups is 1. The zero-order chi connectivity index (χ0) is 22.7. The molecule has 0 amide bonds. The number of esters is 1. The van der Waals surface area contributed by atoms with Crippen molar-refractivity contribution >= 4 is 17.0 Å². The number of ether oxygens (including phenoxy) is 1. The van der Waals surface area contributed by atoms with E-state index in [2.05, 4.69) is 4.98 Å². The smallest absolute Gasteiger partial charge is 0.343 e. The SMILES string of the molecule is CCCC(CC)c1c(C(=O)OCC)c(=O)c2cc(F)cnc2n1-c1ccc(F)cc1F. The second-order valence-corrected chi connectivity index (χ2v) is 7.16. The number of carbonyl (C=O) groups excluding carboxylic acids is 1. The van der Waals surface area contributed by atoms with Gasteiger partial charge in [0.2, 0.25) is 5.43 Å². The summed E-state index contributed by atoms with van der Waals surface area (Å²) >= 11 is 0. The van der Waals surface area contributed by atoms with E-state index in [9.17, 15) is 22.8 Å². The molecule has 0 saturated carbocycles. The van der Waals surface area contributed by atoms with Crippen LogP contribution in [0.1, 0.15) is 62.0 Å². The first-order valence-electron chi connectivity index (χ1n) is 10.2. The van der Waals surface area contributed by atoms with Gasteiger partial charge in [-0.1, -0.05) is 20.3 Å². The number of benzene rings is 1. The molecule has 1 aromatic carbocycles. The van der Waals surface area contributed by atoms with Crippen molar-refractivity contribution < 1.29 is 22.7 Å². The molecule has 2 heterocycles. The van der Waals surface area contributed by atoms with Crippen molar-refractivity contribution in [2.75, 3.05) is 6.61 Å². The zero-order valence-electron chi connectivity index (χ0n) is 17.5. The van der Waals surface area contributed by atoms with Gasteiger partial charge in [-0.3, -0.25) is 9.36 Å². The van der Waals surface area contributed by atoms with Crippen molar-refractivity contribution in [3.05, 3.63) is 69.4 Å². The maximum absolute atomic E-state index is 14.9. The number of hydrogen-bond acceptors (Lipinski definition) is 4. The van der Waals surface area contributed by atoms with Crippen molar-refractivity contribution in [3.8, 4) is 5.69 Å². The van der Waals surface area contributed by atoms with E-state index in [1.54, 1.807) is 6.92 Å². The van der Waals surface area contributed by atoms with Crippen molar-refractivity contribution in [3.63, 3.8) is 0 Å². The van der Waals surface area contributed by atoms with Crippen LogP contribution >= 0.6 is 0 Å². The van der Waals surface area contributed by atoms with Gasteiger partial charge in [0.15, 0.2) is 0 Å². The fraction of sp³-hybridized carbons (Fsp3) is 0.348. The Hall–Kier alpha value is -3.16. The molecule has 1 atom stereocenters. The molecule has 0 aliphatic heterocycles. The molecule has 0 saturated heterocycles. The quantitative estimate of drug-likeness (QED) is 0.477. The molecule has 1 unspecified atom stereocenters. The van der Waals surface area contributed by atoms with Crippen molar-refractivity contribution in [2.24, 2.45) is 0 Å². The molecule has 0 fully saturated rings. The highest BCUT2D eigenvalue weighted by atomic mass is 19.1. The van der Waals surface area contributed by atoms with E-state index in [-0.39, 0.29) is 40.5 Å². The van der Waals surface area contributed by atoms with Crippen molar-refractivity contribution in [2.45, 2.75) is 46.0 Å². The predicted octanol–water partition coefficient (Wildman–Crippen LogP) is 5.27. The first-order valence-corrected chi connectivity index (χ1v) is 10.2. The van der Waals surface area contributed by atoms with Crippen molar-refractivity contribution in [1.82, 2.24) is 9.55 Å². The molecule has 5 nitrogen and oxygen atoms in total. The minimum Gasteiger partial charge on any atom is -0.462 e. The average Bonchev–Trinajstić information content (AvgIpc) is 2.73. The molecule has 3 aromatic rings. The Morgan fingerprint density at radius 2 is 1.87 bits per heavy atom. The van der Waals surface area contributed by atoms with Gasteiger partial charge in [0.25, 0.3) is 0 Å². The van der Waals surface area contributed by atoms with E-state index in [1.165, 1.54) is 10.6 Å². The highest BCUT2D eigenvalue weighted by Gasteiger charge is 2.30. The van der Waals surface area contributed by atoms with Gasteiger partial charge >= 0.3 is 5.97 Å². The first kappa shape index (κ1) is 22.5. The molecular formula is C23H23F3N2O3. The van der Waals surface area contributed by atoms with Crippen molar-refractivity contribution in [1.29, 1.82) is 0 Å². The summed E-state index contributed by atoms with van der Waals surface area (Å²) < 4.78 is 48.9. The predicted molar refractivity (Wildman–Crippen MR) is 111 cm³/mol. The summed E-state index contributed by atoms with van der Waals surface area (Å²) in [5.41, 5.74) is -0.908. The molecule has 0 N–H and O–H groups in total. The van der Waals surface area contributed by atoms with Crippen LogP contribution in [-0.4, -0.2) is 22.1 Å². The van der Waals surface area contributed by atoms with E-state index < -0.39 is 28.8 Å². The molecule has 3 rings (SSSR count). The lowest BCUT2D eigenvalue weighted by molar-refractivity contribution is 0.0522. The highest BCUT2D eigenvalue weighted by molar-refractivity contribution is 5.95. The van der Waals surface area contributed by atoms with E-state index in [0.717, 1.165) is 24.8 Å². The Balaban J connectivity index is 2.58. The Bertz CT molecular complexity index is 1190. The normalized spacial score (nSPS) is 12.2. The van der Waals surface area contributed by atoms with E-state index >= 15 is 0 Å². The van der Waals surface area contributed by atoms with Crippen LogP contribution in [0.2, 0.25) is 0 Å². The number of rotatable bonds is 7. The summed E-state index contributed by atoms with van der Waals surface area (Å²) in [6, 6.07) is 3.93. The van der Waals surface area contributed by atoms with Gasteiger partial charge in [-0.15, -0.1) is 0 Å².